The number of aromatic hydroxyl groups is 1. The summed E-state index contributed by atoms with van der Waals surface area (Å²) in [5.41, 5.74) is 1.85. The highest BCUT2D eigenvalue weighted by molar-refractivity contribution is 5.82. The van der Waals surface area contributed by atoms with Gasteiger partial charge < -0.3 is 15.1 Å². The SMILES string of the molecule is O=C([C@H]1[C@@H]2C[C@@H](CN(Cc3cccc(O)c3)C2)c2cccc(=O)n21)N1CCC[C@@H]1CO. The maximum Gasteiger partial charge on any atom is 0.251 e. The van der Waals surface area contributed by atoms with Crippen LogP contribution in [0.3, 0.4) is 0 Å². The molecule has 0 unspecified atom stereocenters. The van der Waals surface area contributed by atoms with Crippen LogP contribution < -0.4 is 5.56 Å². The summed E-state index contributed by atoms with van der Waals surface area (Å²) in [5, 5.41) is 19.6. The van der Waals surface area contributed by atoms with E-state index in [1.807, 2.05) is 18.2 Å². The molecule has 3 aliphatic rings. The van der Waals surface area contributed by atoms with Gasteiger partial charge in [-0.2, -0.15) is 0 Å². The summed E-state index contributed by atoms with van der Waals surface area (Å²) in [6, 6.07) is 11.9. The summed E-state index contributed by atoms with van der Waals surface area (Å²) in [4.78, 5) is 30.7. The number of pyridine rings is 1. The Morgan fingerprint density at radius 2 is 1.97 bits per heavy atom. The van der Waals surface area contributed by atoms with E-state index < -0.39 is 6.04 Å². The van der Waals surface area contributed by atoms with E-state index in [9.17, 15) is 19.8 Å². The quantitative estimate of drug-likeness (QED) is 0.782. The Morgan fingerprint density at radius 3 is 2.77 bits per heavy atom. The lowest BCUT2D eigenvalue weighted by molar-refractivity contribution is -0.140. The highest BCUT2D eigenvalue weighted by atomic mass is 16.3. The molecular weight excluding hydrogens is 394 g/mol. The number of aliphatic hydroxyl groups is 1. The molecule has 2 bridgehead atoms. The van der Waals surface area contributed by atoms with Gasteiger partial charge in [-0.3, -0.25) is 19.1 Å². The normalized spacial score (nSPS) is 27.8. The zero-order valence-corrected chi connectivity index (χ0v) is 17.6. The first-order valence-electron chi connectivity index (χ1n) is 11.2. The molecule has 0 radical (unpaired) electrons. The van der Waals surface area contributed by atoms with Crippen LogP contribution in [-0.2, 0) is 11.3 Å². The van der Waals surface area contributed by atoms with Crippen LogP contribution in [0.1, 0.15) is 42.5 Å². The molecule has 0 saturated carbocycles. The lowest BCUT2D eigenvalue weighted by Gasteiger charge is -2.47. The molecule has 31 heavy (non-hydrogen) atoms. The van der Waals surface area contributed by atoms with Crippen molar-refractivity contribution in [3.63, 3.8) is 0 Å². The highest BCUT2D eigenvalue weighted by Crippen LogP contribution is 2.42. The second kappa shape index (κ2) is 8.13. The average Bonchev–Trinajstić information content (AvgIpc) is 3.23. The van der Waals surface area contributed by atoms with Crippen molar-refractivity contribution >= 4 is 5.91 Å². The van der Waals surface area contributed by atoms with Crippen LogP contribution >= 0.6 is 0 Å². The zero-order chi connectivity index (χ0) is 21.5. The molecule has 7 nitrogen and oxygen atoms in total. The number of carbonyl (C=O) groups excluding carboxylic acids is 1. The Hall–Kier alpha value is -2.64. The Bertz CT molecular complexity index is 1040. The van der Waals surface area contributed by atoms with Gasteiger partial charge in [0.2, 0.25) is 5.91 Å². The van der Waals surface area contributed by atoms with Crippen molar-refractivity contribution in [2.75, 3.05) is 26.2 Å². The number of nitrogens with zero attached hydrogens (tertiary/aromatic N) is 3. The van der Waals surface area contributed by atoms with Gasteiger partial charge in [-0.25, -0.2) is 0 Å². The van der Waals surface area contributed by atoms with E-state index in [0.29, 0.717) is 13.1 Å². The molecule has 4 heterocycles. The number of rotatable bonds is 4. The van der Waals surface area contributed by atoms with E-state index in [0.717, 1.165) is 43.6 Å². The van der Waals surface area contributed by atoms with Gasteiger partial charge in [0, 0.05) is 49.8 Å². The van der Waals surface area contributed by atoms with E-state index in [4.69, 9.17) is 0 Å². The third kappa shape index (κ3) is 3.66. The van der Waals surface area contributed by atoms with Crippen LogP contribution in [-0.4, -0.2) is 62.8 Å². The van der Waals surface area contributed by atoms with Crippen LogP contribution in [0.2, 0.25) is 0 Å². The third-order valence-corrected chi connectivity index (χ3v) is 7.16. The number of fused-ring (bicyclic) bond motifs is 4. The van der Waals surface area contributed by atoms with Gasteiger partial charge in [-0.05, 0) is 43.0 Å². The van der Waals surface area contributed by atoms with Crippen LogP contribution in [0.25, 0.3) is 0 Å². The minimum atomic E-state index is -0.529. The minimum Gasteiger partial charge on any atom is -0.508 e. The Balaban J connectivity index is 1.48. The zero-order valence-electron chi connectivity index (χ0n) is 17.6. The van der Waals surface area contributed by atoms with Crippen LogP contribution in [0, 0.1) is 5.92 Å². The Labute approximate surface area is 181 Å². The molecule has 164 valence electrons. The maximum absolute atomic E-state index is 13.7. The summed E-state index contributed by atoms with van der Waals surface area (Å²) in [5.74, 6) is 0.454. The number of hydrogen-bond donors (Lipinski definition) is 2. The van der Waals surface area contributed by atoms with Crippen molar-refractivity contribution in [3.8, 4) is 5.75 Å². The molecule has 0 aliphatic carbocycles. The molecular formula is C24H29N3O4. The average molecular weight is 424 g/mol. The van der Waals surface area contributed by atoms with Crippen LogP contribution in [0.15, 0.2) is 47.3 Å². The van der Waals surface area contributed by atoms with E-state index in [-0.39, 0.29) is 41.7 Å². The summed E-state index contributed by atoms with van der Waals surface area (Å²) in [7, 11) is 0. The fourth-order valence-electron chi connectivity index (χ4n) is 5.87. The van der Waals surface area contributed by atoms with Crippen LogP contribution in [0.5, 0.6) is 5.75 Å². The van der Waals surface area contributed by atoms with Crippen LogP contribution in [0.4, 0.5) is 0 Å². The summed E-state index contributed by atoms with van der Waals surface area (Å²) in [6.07, 6.45) is 2.58. The number of benzene rings is 1. The Kier molecular flexibility index (Phi) is 5.32. The number of likely N-dealkylation sites (tertiary alicyclic amines) is 2. The molecule has 1 aromatic heterocycles. The molecule has 1 amide bonds. The van der Waals surface area contributed by atoms with Gasteiger partial charge in [0.1, 0.15) is 11.8 Å². The summed E-state index contributed by atoms with van der Waals surface area (Å²) in [6.45, 7) is 2.84. The standard InChI is InChI=1S/C24H29N3O4/c28-15-19-5-3-9-26(19)24(31)23-18-11-17(21-7-2-8-22(30)27(21)23)13-25(14-18)12-16-4-1-6-20(29)10-16/h1-2,4,6-8,10,17-19,23,28-29H,3,5,9,11-15H2/t17-,18+,19+,23+/m0/s1. The van der Waals surface area contributed by atoms with Crippen molar-refractivity contribution in [1.82, 2.24) is 14.4 Å². The third-order valence-electron chi connectivity index (χ3n) is 7.16. The van der Waals surface area contributed by atoms with Gasteiger partial charge >= 0.3 is 0 Å². The fraction of sp³-hybridized carbons (Fsp3) is 0.500. The highest BCUT2D eigenvalue weighted by Gasteiger charge is 2.46. The van der Waals surface area contributed by atoms with Gasteiger partial charge in [-0.15, -0.1) is 0 Å². The van der Waals surface area contributed by atoms with Gasteiger partial charge in [0.15, 0.2) is 0 Å². The van der Waals surface area contributed by atoms with Crippen molar-refractivity contribution in [3.05, 3.63) is 64.1 Å². The van der Waals surface area contributed by atoms with Crippen molar-refractivity contribution in [2.24, 2.45) is 5.92 Å². The molecule has 2 saturated heterocycles. The summed E-state index contributed by atoms with van der Waals surface area (Å²) >= 11 is 0. The first kappa shape index (κ1) is 20.3. The lowest BCUT2D eigenvalue weighted by Crippen LogP contribution is -2.54. The van der Waals surface area contributed by atoms with Crippen molar-refractivity contribution < 1.29 is 15.0 Å². The number of aliphatic hydroxyl groups excluding tert-OH is 1. The predicted octanol–water partition coefficient (Wildman–Crippen LogP) is 1.70. The Morgan fingerprint density at radius 1 is 1.13 bits per heavy atom. The van der Waals surface area contributed by atoms with E-state index in [1.165, 1.54) is 0 Å². The number of amides is 1. The second-order valence-electron chi connectivity index (χ2n) is 9.17. The molecule has 2 N–H and O–H groups in total. The molecule has 7 heteroatoms. The smallest absolute Gasteiger partial charge is 0.251 e. The van der Waals surface area contributed by atoms with Crippen molar-refractivity contribution in [1.29, 1.82) is 0 Å². The first-order chi connectivity index (χ1) is 15.0. The largest absolute Gasteiger partial charge is 0.508 e. The molecule has 2 aromatic rings. The number of hydrogen-bond acceptors (Lipinski definition) is 5. The number of piperidine rings is 1. The number of aromatic nitrogens is 1. The summed E-state index contributed by atoms with van der Waals surface area (Å²) < 4.78 is 1.74. The minimum absolute atomic E-state index is 0.0336. The first-order valence-corrected chi connectivity index (χ1v) is 11.2. The molecule has 0 spiro atoms. The topological polar surface area (TPSA) is 86.0 Å². The fourth-order valence-corrected chi connectivity index (χ4v) is 5.87. The number of carbonyl (C=O) groups is 1. The number of phenolic OH excluding ortho intramolecular Hbond substituents is 1. The molecule has 3 aliphatic heterocycles. The lowest BCUT2D eigenvalue weighted by atomic mass is 9.77. The second-order valence-corrected chi connectivity index (χ2v) is 9.17. The maximum atomic E-state index is 13.7. The van der Waals surface area contributed by atoms with Crippen molar-refractivity contribution in [2.45, 2.75) is 43.8 Å². The number of phenols is 1. The molecule has 4 atom stereocenters. The monoisotopic (exact) mass is 423 g/mol. The van der Waals surface area contributed by atoms with Gasteiger partial charge in [-0.1, -0.05) is 18.2 Å². The molecule has 5 rings (SSSR count). The van der Waals surface area contributed by atoms with Gasteiger partial charge in [0.05, 0.1) is 12.6 Å². The van der Waals surface area contributed by atoms with Gasteiger partial charge in [0.25, 0.3) is 5.56 Å². The van der Waals surface area contributed by atoms with E-state index in [1.54, 1.807) is 33.7 Å². The predicted molar refractivity (Wildman–Crippen MR) is 116 cm³/mol. The molecule has 2 fully saturated rings. The molecule has 1 aromatic carbocycles. The van der Waals surface area contributed by atoms with E-state index >= 15 is 0 Å². The van der Waals surface area contributed by atoms with E-state index in [2.05, 4.69) is 4.90 Å².